The average molecular weight is 510 g/mol. The Hall–Kier alpha value is -3.19. The fourth-order valence-corrected chi connectivity index (χ4v) is 5.17. The molecule has 36 heavy (non-hydrogen) atoms. The van der Waals surface area contributed by atoms with Gasteiger partial charge in [0.25, 0.3) is 11.8 Å². The lowest BCUT2D eigenvalue weighted by atomic mass is 10.1. The molecule has 4 rings (SSSR count). The van der Waals surface area contributed by atoms with Crippen LogP contribution >= 0.6 is 11.6 Å². The molecule has 0 saturated heterocycles. The van der Waals surface area contributed by atoms with Crippen LogP contribution in [0.3, 0.4) is 0 Å². The molecule has 1 aliphatic heterocycles. The number of imide groups is 1. The Bertz CT molecular complexity index is 1090. The Morgan fingerprint density at radius 2 is 1.64 bits per heavy atom. The van der Waals surface area contributed by atoms with E-state index in [2.05, 4.69) is 5.32 Å². The van der Waals surface area contributed by atoms with E-state index in [9.17, 15) is 19.2 Å². The minimum atomic E-state index is -0.604. The van der Waals surface area contributed by atoms with Crippen molar-refractivity contribution in [2.45, 2.75) is 70.5 Å². The molecule has 190 valence electrons. The van der Waals surface area contributed by atoms with E-state index in [1.165, 1.54) is 4.90 Å². The summed E-state index contributed by atoms with van der Waals surface area (Å²) in [5.74, 6) is -0.978. The summed E-state index contributed by atoms with van der Waals surface area (Å²) in [7, 11) is 0. The summed E-state index contributed by atoms with van der Waals surface area (Å²) in [6, 6.07) is 13.5. The lowest BCUT2D eigenvalue weighted by molar-refractivity contribution is -0.141. The van der Waals surface area contributed by atoms with Crippen molar-refractivity contribution in [2.75, 3.05) is 6.54 Å². The molecule has 1 saturated carbocycles. The molecule has 2 aromatic rings. The summed E-state index contributed by atoms with van der Waals surface area (Å²) in [5, 5.41) is 3.73. The van der Waals surface area contributed by atoms with E-state index in [1.807, 2.05) is 19.1 Å². The normalized spacial score (nSPS) is 16.2. The van der Waals surface area contributed by atoms with Gasteiger partial charge in [0.2, 0.25) is 11.8 Å². The maximum Gasteiger partial charge on any atom is 0.261 e. The van der Waals surface area contributed by atoms with Crippen LogP contribution in [0, 0.1) is 0 Å². The van der Waals surface area contributed by atoms with Crippen LogP contribution in [-0.2, 0) is 16.1 Å². The number of rotatable bonds is 10. The molecule has 1 heterocycles. The number of fused-ring (bicyclic) bond motifs is 1. The number of amides is 4. The van der Waals surface area contributed by atoms with Gasteiger partial charge in [-0.15, -0.1) is 0 Å². The predicted molar refractivity (Wildman–Crippen MR) is 138 cm³/mol. The summed E-state index contributed by atoms with van der Waals surface area (Å²) in [6.45, 7) is 2.33. The van der Waals surface area contributed by atoms with Crippen molar-refractivity contribution >= 4 is 35.2 Å². The second-order valence-electron chi connectivity index (χ2n) is 9.47. The molecule has 8 heteroatoms. The van der Waals surface area contributed by atoms with Gasteiger partial charge in [0.05, 0.1) is 11.1 Å². The van der Waals surface area contributed by atoms with Crippen molar-refractivity contribution in [3.8, 4) is 0 Å². The van der Waals surface area contributed by atoms with Gasteiger partial charge in [0.1, 0.15) is 6.04 Å². The number of hydrogen-bond acceptors (Lipinski definition) is 4. The minimum Gasteiger partial charge on any atom is -0.352 e. The third kappa shape index (κ3) is 5.78. The minimum absolute atomic E-state index is 0.119. The number of nitrogens with zero attached hydrogens (tertiary/aromatic N) is 2. The fourth-order valence-electron chi connectivity index (χ4n) is 5.05. The molecular formula is C28H32ClN3O4. The number of hydrogen-bond donors (Lipinski definition) is 1. The highest BCUT2D eigenvalue weighted by molar-refractivity contribution is 6.30. The number of carbonyl (C=O) groups is 4. The standard InChI is InChI=1S/C28H32ClN3O4/c1-2-24(26(34)30-21-8-3-4-9-21)32(18-19-13-15-20(29)16-14-19)25(33)12-7-17-31-27(35)22-10-5-6-11-23(22)28(31)36/h5-6,10-11,13-16,21,24H,2-4,7-9,12,17-18H2,1H3,(H,30,34)/t24-/m1/s1. The zero-order chi connectivity index (χ0) is 25.7. The van der Waals surface area contributed by atoms with E-state index >= 15 is 0 Å². The van der Waals surface area contributed by atoms with Crippen LogP contribution in [0.2, 0.25) is 5.02 Å². The van der Waals surface area contributed by atoms with Gasteiger partial charge in [-0.25, -0.2) is 0 Å². The summed E-state index contributed by atoms with van der Waals surface area (Å²) < 4.78 is 0. The number of halogens is 1. The Labute approximate surface area is 216 Å². The molecular weight excluding hydrogens is 478 g/mol. The van der Waals surface area contributed by atoms with Gasteiger partial charge in [0.15, 0.2) is 0 Å². The largest absolute Gasteiger partial charge is 0.352 e. The Balaban J connectivity index is 1.43. The van der Waals surface area contributed by atoms with Crippen molar-refractivity contribution in [3.63, 3.8) is 0 Å². The zero-order valence-electron chi connectivity index (χ0n) is 20.5. The van der Waals surface area contributed by atoms with E-state index in [1.54, 1.807) is 41.3 Å². The Kier molecular flexibility index (Phi) is 8.41. The molecule has 1 N–H and O–H groups in total. The monoisotopic (exact) mass is 509 g/mol. The molecule has 1 atom stereocenters. The molecule has 0 radical (unpaired) electrons. The van der Waals surface area contributed by atoms with Crippen LogP contribution in [0.5, 0.6) is 0 Å². The number of nitrogens with one attached hydrogen (secondary N) is 1. The van der Waals surface area contributed by atoms with Crippen molar-refractivity contribution in [1.82, 2.24) is 15.1 Å². The molecule has 1 fully saturated rings. The van der Waals surface area contributed by atoms with E-state index in [0.717, 1.165) is 31.2 Å². The lowest BCUT2D eigenvalue weighted by Crippen LogP contribution is -2.51. The smallest absolute Gasteiger partial charge is 0.261 e. The van der Waals surface area contributed by atoms with Crippen LogP contribution in [0.4, 0.5) is 0 Å². The molecule has 0 aromatic heterocycles. The lowest BCUT2D eigenvalue weighted by Gasteiger charge is -2.31. The molecule has 4 amide bonds. The summed E-state index contributed by atoms with van der Waals surface area (Å²) >= 11 is 6.03. The van der Waals surface area contributed by atoms with Crippen LogP contribution < -0.4 is 5.32 Å². The van der Waals surface area contributed by atoms with E-state index in [0.29, 0.717) is 29.0 Å². The van der Waals surface area contributed by atoms with Gasteiger partial charge < -0.3 is 10.2 Å². The highest BCUT2D eigenvalue weighted by Gasteiger charge is 2.35. The first-order chi connectivity index (χ1) is 17.4. The van der Waals surface area contributed by atoms with Gasteiger partial charge in [-0.1, -0.05) is 55.6 Å². The van der Waals surface area contributed by atoms with Gasteiger partial charge in [-0.3, -0.25) is 24.1 Å². The second-order valence-corrected chi connectivity index (χ2v) is 9.91. The van der Waals surface area contributed by atoms with Gasteiger partial charge in [-0.2, -0.15) is 0 Å². The first-order valence-corrected chi connectivity index (χ1v) is 13.1. The highest BCUT2D eigenvalue weighted by atomic mass is 35.5. The van der Waals surface area contributed by atoms with E-state index in [4.69, 9.17) is 11.6 Å². The second kappa shape index (κ2) is 11.7. The van der Waals surface area contributed by atoms with Crippen molar-refractivity contribution < 1.29 is 19.2 Å². The Morgan fingerprint density at radius 3 is 2.22 bits per heavy atom. The molecule has 1 aliphatic carbocycles. The quantitative estimate of drug-likeness (QED) is 0.475. The SMILES string of the molecule is CC[C@H](C(=O)NC1CCCC1)N(Cc1ccc(Cl)cc1)C(=O)CCCN1C(=O)c2ccccc2C1=O. The fraction of sp³-hybridized carbons (Fsp3) is 0.429. The van der Waals surface area contributed by atoms with E-state index in [-0.39, 0.29) is 49.2 Å². The highest BCUT2D eigenvalue weighted by Crippen LogP contribution is 2.24. The third-order valence-corrected chi connectivity index (χ3v) is 7.26. The van der Waals surface area contributed by atoms with Crippen molar-refractivity contribution in [1.29, 1.82) is 0 Å². The third-order valence-electron chi connectivity index (χ3n) is 7.00. The van der Waals surface area contributed by atoms with Gasteiger partial charge >= 0.3 is 0 Å². The molecule has 2 aliphatic rings. The molecule has 0 bridgehead atoms. The van der Waals surface area contributed by atoms with Crippen LogP contribution in [0.15, 0.2) is 48.5 Å². The first-order valence-electron chi connectivity index (χ1n) is 12.7. The molecule has 7 nitrogen and oxygen atoms in total. The maximum atomic E-state index is 13.4. The zero-order valence-corrected chi connectivity index (χ0v) is 21.3. The summed E-state index contributed by atoms with van der Waals surface area (Å²) in [4.78, 5) is 54.7. The number of benzene rings is 2. The predicted octanol–water partition coefficient (Wildman–Crippen LogP) is 4.58. The van der Waals surface area contributed by atoms with Crippen molar-refractivity contribution in [3.05, 3.63) is 70.2 Å². The van der Waals surface area contributed by atoms with Crippen LogP contribution in [0.1, 0.15) is 78.1 Å². The maximum absolute atomic E-state index is 13.4. The van der Waals surface area contributed by atoms with Gasteiger partial charge in [0, 0.05) is 30.6 Å². The molecule has 0 spiro atoms. The summed E-state index contributed by atoms with van der Waals surface area (Å²) in [6.07, 6.45) is 5.06. The molecule has 0 unspecified atom stereocenters. The van der Waals surface area contributed by atoms with Crippen molar-refractivity contribution in [2.24, 2.45) is 0 Å². The average Bonchev–Trinajstić information content (AvgIpc) is 3.47. The summed E-state index contributed by atoms with van der Waals surface area (Å²) in [5.41, 5.74) is 1.67. The van der Waals surface area contributed by atoms with E-state index < -0.39 is 6.04 Å². The topological polar surface area (TPSA) is 86.8 Å². The number of carbonyl (C=O) groups excluding carboxylic acids is 4. The Morgan fingerprint density at radius 1 is 1.03 bits per heavy atom. The van der Waals surface area contributed by atoms with Gasteiger partial charge in [-0.05, 0) is 55.5 Å². The first kappa shape index (κ1) is 25.9. The molecule has 2 aromatic carbocycles. The van der Waals surface area contributed by atoms with Crippen LogP contribution in [0.25, 0.3) is 0 Å². The van der Waals surface area contributed by atoms with Crippen LogP contribution in [-0.4, -0.2) is 52.1 Å².